The second kappa shape index (κ2) is 8.25. The van der Waals surface area contributed by atoms with Gasteiger partial charge in [-0.05, 0) is 137 Å². The summed E-state index contributed by atoms with van der Waals surface area (Å²) in [6.07, 6.45) is 15.7. The van der Waals surface area contributed by atoms with Crippen LogP contribution in [0, 0.1) is 45.8 Å². The predicted molar refractivity (Wildman–Crippen MR) is 134 cm³/mol. The zero-order chi connectivity index (χ0) is 23.6. The molecule has 0 amide bonds. The van der Waals surface area contributed by atoms with E-state index in [-0.39, 0.29) is 0 Å². The molecule has 4 fully saturated rings. The highest BCUT2D eigenvalue weighted by atomic mass is 16.3. The van der Waals surface area contributed by atoms with Gasteiger partial charge in [-0.2, -0.15) is 0 Å². The molecule has 0 spiro atoms. The maximum absolute atomic E-state index is 10.9. The van der Waals surface area contributed by atoms with E-state index in [1.54, 1.807) is 0 Å². The smallest absolute Gasteiger partial charge is 0.0625 e. The summed E-state index contributed by atoms with van der Waals surface area (Å²) in [4.78, 5) is 0. The lowest BCUT2D eigenvalue weighted by molar-refractivity contribution is -0.190. The lowest BCUT2D eigenvalue weighted by atomic mass is 9.39. The number of fused-ring (bicyclic) bond motifs is 5. The van der Waals surface area contributed by atoms with Crippen molar-refractivity contribution in [2.24, 2.45) is 45.8 Å². The van der Waals surface area contributed by atoms with Crippen molar-refractivity contribution >= 4 is 0 Å². The Morgan fingerprint density at radius 3 is 2.31 bits per heavy atom. The fraction of sp³-hybridized carbons (Fsp3) is 1.00. The summed E-state index contributed by atoms with van der Waals surface area (Å²) in [7, 11) is 0. The van der Waals surface area contributed by atoms with Crippen LogP contribution in [-0.4, -0.2) is 21.4 Å². The summed E-state index contributed by atoms with van der Waals surface area (Å²) in [5.74, 6) is 4.21. The molecule has 186 valence electrons. The fourth-order valence-electron chi connectivity index (χ4n) is 10.3. The van der Waals surface area contributed by atoms with Gasteiger partial charge in [0.1, 0.15) is 0 Å². The Balaban J connectivity index is 1.48. The van der Waals surface area contributed by atoms with Crippen molar-refractivity contribution in [1.82, 2.24) is 0 Å². The lowest BCUT2D eigenvalue weighted by Gasteiger charge is -2.66. The van der Waals surface area contributed by atoms with Gasteiger partial charge in [0.05, 0.1) is 11.2 Å². The molecular formula is C30H54O2. The minimum atomic E-state index is -0.482. The fourth-order valence-corrected chi connectivity index (χ4v) is 10.3. The van der Waals surface area contributed by atoms with E-state index in [0.29, 0.717) is 16.2 Å². The summed E-state index contributed by atoms with van der Waals surface area (Å²) in [5, 5.41) is 21.6. The first-order valence-corrected chi connectivity index (χ1v) is 14.2. The number of hydrogen-bond donors (Lipinski definition) is 2. The Morgan fingerprint density at radius 2 is 1.62 bits per heavy atom. The monoisotopic (exact) mass is 446 g/mol. The van der Waals surface area contributed by atoms with Crippen LogP contribution in [0.4, 0.5) is 0 Å². The Bertz CT molecular complexity index is 682. The Labute approximate surface area is 199 Å². The van der Waals surface area contributed by atoms with Crippen molar-refractivity contribution in [3.05, 3.63) is 0 Å². The van der Waals surface area contributed by atoms with Crippen molar-refractivity contribution in [2.75, 3.05) is 0 Å². The third-order valence-electron chi connectivity index (χ3n) is 12.3. The molecule has 2 N–H and O–H groups in total. The highest BCUT2D eigenvalue weighted by molar-refractivity contribution is 5.13. The summed E-state index contributed by atoms with van der Waals surface area (Å²) >= 11 is 0. The van der Waals surface area contributed by atoms with Crippen LogP contribution < -0.4 is 0 Å². The first kappa shape index (κ1) is 25.0. The quantitative estimate of drug-likeness (QED) is 0.438. The second-order valence-corrected chi connectivity index (χ2v) is 14.6. The van der Waals surface area contributed by atoms with E-state index in [4.69, 9.17) is 0 Å². The minimum Gasteiger partial charge on any atom is -0.390 e. The minimum absolute atomic E-state index is 0.305. The molecule has 0 aliphatic heterocycles. The normalized spacial score (nSPS) is 51.3. The van der Waals surface area contributed by atoms with Crippen molar-refractivity contribution in [1.29, 1.82) is 0 Å². The molecule has 0 bridgehead atoms. The van der Waals surface area contributed by atoms with Crippen LogP contribution in [-0.2, 0) is 0 Å². The van der Waals surface area contributed by atoms with Gasteiger partial charge in [0.15, 0.2) is 0 Å². The third-order valence-corrected chi connectivity index (χ3v) is 12.3. The molecule has 2 heteroatoms. The molecule has 0 saturated heterocycles. The molecule has 4 saturated carbocycles. The van der Waals surface area contributed by atoms with Gasteiger partial charge in [-0.1, -0.05) is 41.0 Å². The summed E-state index contributed by atoms with van der Waals surface area (Å²) < 4.78 is 0. The number of hydrogen-bond acceptors (Lipinski definition) is 2. The Morgan fingerprint density at radius 1 is 0.906 bits per heavy atom. The second-order valence-electron chi connectivity index (χ2n) is 14.6. The summed E-state index contributed by atoms with van der Waals surface area (Å²) in [6, 6.07) is 0. The molecule has 0 radical (unpaired) electrons. The van der Waals surface area contributed by atoms with Crippen molar-refractivity contribution < 1.29 is 10.2 Å². The third kappa shape index (κ3) is 4.02. The van der Waals surface area contributed by atoms with Crippen molar-refractivity contribution in [3.63, 3.8) is 0 Å². The molecule has 0 aromatic carbocycles. The molecule has 0 aromatic heterocycles. The van der Waals surface area contributed by atoms with Gasteiger partial charge >= 0.3 is 0 Å². The van der Waals surface area contributed by atoms with Gasteiger partial charge in [0.2, 0.25) is 0 Å². The lowest BCUT2D eigenvalue weighted by Crippen LogP contribution is -2.60. The predicted octanol–water partition coefficient (Wildman–Crippen LogP) is 7.75. The molecule has 4 aliphatic carbocycles. The molecule has 1 unspecified atom stereocenters. The van der Waals surface area contributed by atoms with Crippen LogP contribution >= 0.6 is 0 Å². The number of aliphatic hydroxyl groups is 2. The van der Waals surface area contributed by atoms with Gasteiger partial charge in [-0.15, -0.1) is 0 Å². The molecule has 10 atom stereocenters. The maximum atomic E-state index is 10.9. The van der Waals surface area contributed by atoms with Gasteiger partial charge in [0.25, 0.3) is 0 Å². The molecule has 32 heavy (non-hydrogen) atoms. The summed E-state index contributed by atoms with van der Waals surface area (Å²) in [6.45, 7) is 16.6. The van der Waals surface area contributed by atoms with E-state index in [0.717, 1.165) is 61.7 Å². The van der Waals surface area contributed by atoms with Crippen LogP contribution in [0.5, 0.6) is 0 Å². The van der Waals surface area contributed by atoms with E-state index < -0.39 is 11.2 Å². The molecular weight excluding hydrogens is 392 g/mol. The number of rotatable bonds is 6. The van der Waals surface area contributed by atoms with Crippen LogP contribution in [0.1, 0.15) is 132 Å². The maximum Gasteiger partial charge on any atom is 0.0625 e. The van der Waals surface area contributed by atoms with E-state index in [9.17, 15) is 10.2 Å². The van der Waals surface area contributed by atoms with Crippen molar-refractivity contribution in [2.45, 2.75) is 143 Å². The Kier molecular flexibility index (Phi) is 6.45. The average molecular weight is 447 g/mol. The highest BCUT2D eigenvalue weighted by Crippen LogP contribution is 2.72. The van der Waals surface area contributed by atoms with E-state index >= 15 is 0 Å². The van der Waals surface area contributed by atoms with Crippen LogP contribution in [0.2, 0.25) is 0 Å². The van der Waals surface area contributed by atoms with Crippen LogP contribution in [0.3, 0.4) is 0 Å². The first-order valence-electron chi connectivity index (χ1n) is 14.2. The SMILES string of the molecule is CCC[C@](C)(O)CC[C@@H](C)[C@H]1CC[C@H]2[C@@H]3CC[C@]4(C)C[C@@](C)(O)CC[C@]4(C)[C@H]3CCC12C. The van der Waals surface area contributed by atoms with Crippen molar-refractivity contribution in [3.8, 4) is 0 Å². The highest BCUT2D eigenvalue weighted by Gasteiger charge is 2.64. The average Bonchev–Trinajstić information content (AvgIpc) is 3.04. The van der Waals surface area contributed by atoms with E-state index in [1.807, 2.05) is 0 Å². The summed E-state index contributed by atoms with van der Waals surface area (Å²) in [5.41, 5.74) is 0.269. The Hall–Kier alpha value is -0.0800. The van der Waals surface area contributed by atoms with Crippen LogP contribution in [0.15, 0.2) is 0 Å². The molecule has 2 nitrogen and oxygen atoms in total. The molecule has 4 rings (SSSR count). The van der Waals surface area contributed by atoms with Gasteiger partial charge < -0.3 is 10.2 Å². The zero-order valence-electron chi connectivity index (χ0n) is 22.5. The topological polar surface area (TPSA) is 40.5 Å². The largest absolute Gasteiger partial charge is 0.390 e. The van der Waals surface area contributed by atoms with Gasteiger partial charge in [-0.25, -0.2) is 0 Å². The first-order chi connectivity index (χ1) is 14.8. The standard InChI is InChI=1S/C30H54O2/c1-8-14-27(4,31)16-11-21(2)23-9-10-24-22-12-15-26(3)20-28(5,32)18-19-30(26,7)25(22)13-17-29(23,24)6/h21-25,31-32H,8-20H2,1-7H3/t21-,22+,23-,24+,25+,26-,27+,28+,29?,30-/m1/s1. The zero-order valence-corrected chi connectivity index (χ0v) is 22.5. The molecule has 4 aliphatic rings. The van der Waals surface area contributed by atoms with E-state index in [2.05, 4.69) is 48.5 Å². The van der Waals surface area contributed by atoms with Gasteiger partial charge in [-0.3, -0.25) is 0 Å². The molecule has 0 aromatic rings. The van der Waals surface area contributed by atoms with E-state index in [1.165, 1.54) is 51.4 Å². The molecule has 0 heterocycles. The van der Waals surface area contributed by atoms with Gasteiger partial charge in [0, 0.05) is 0 Å². The van der Waals surface area contributed by atoms with Crippen LogP contribution in [0.25, 0.3) is 0 Å².